The molecule has 1 aromatic heterocycles. The van der Waals surface area contributed by atoms with E-state index in [9.17, 15) is 0 Å². The quantitative estimate of drug-likeness (QED) is 0.725. The van der Waals surface area contributed by atoms with Gasteiger partial charge in [-0.3, -0.25) is 0 Å². The Morgan fingerprint density at radius 3 is 2.67 bits per heavy atom. The van der Waals surface area contributed by atoms with Crippen molar-refractivity contribution < 1.29 is 4.74 Å². The van der Waals surface area contributed by atoms with Crippen molar-refractivity contribution in [3.05, 3.63) is 11.5 Å². The summed E-state index contributed by atoms with van der Waals surface area (Å²) in [5.41, 5.74) is 6.62. The first kappa shape index (κ1) is 9.06. The number of hydrogen-bond acceptors (Lipinski definition) is 3. The molecule has 0 unspecified atom stereocenters. The molecule has 0 aliphatic carbocycles. The fourth-order valence-electron chi connectivity index (χ4n) is 1.18. The van der Waals surface area contributed by atoms with E-state index in [-0.39, 0.29) is 0 Å². The SMILES string of the molecule is CCc1nc(COC)c(N)n1C. The number of nitrogens with two attached hydrogens (primary N) is 1. The first-order chi connectivity index (χ1) is 5.70. The molecule has 1 aromatic rings. The van der Waals surface area contributed by atoms with Gasteiger partial charge in [-0.2, -0.15) is 0 Å². The fourth-order valence-corrected chi connectivity index (χ4v) is 1.18. The van der Waals surface area contributed by atoms with Gasteiger partial charge in [-0.15, -0.1) is 0 Å². The van der Waals surface area contributed by atoms with E-state index in [0.29, 0.717) is 12.4 Å². The Hall–Kier alpha value is -1.03. The Balaban J connectivity index is 2.98. The molecule has 0 atom stereocenters. The normalized spacial score (nSPS) is 10.6. The van der Waals surface area contributed by atoms with Gasteiger partial charge in [0, 0.05) is 20.6 Å². The molecule has 0 fully saturated rings. The van der Waals surface area contributed by atoms with Crippen LogP contribution in [0, 0.1) is 0 Å². The maximum atomic E-state index is 5.79. The Morgan fingerprint density at radius 2 is 2.25 bits per heavy atom. The van der Waals surface area contributed by atoms with Crippen LogP contribution >= 0.6 is 0 Å². The number of nitrogen functional groups attached to an aromatic ring is 1. The van der Waals surface area contributed by atoms with Gasteiger partial charge in [-0.25, -0.2) is 4.98 Å². The van der Waals surface area contributed by atoms with Crippen LogP contribution in [0.3, 0.4) is 0 Å². The highest BCUT2D eigenvalue weighted by atomic mass is 16.5. The summed E-state index contributed by atoms with van der Waals surface area (Å²) >= 11 is 0. The van der Waals surface area contributed by atoms with Crippen molar-refractivity contribution in [2.75, 3.05) is 12.8 Å². The zero-order valence-corrected chi connectivity index (χ0v) is 7.79. The number of rotatable bonds is 3. The Morgan fingerprint density at radius 1 is 1.58 bits per heavy atom. The summed E-state index contributed by atoms with van der Waals surface area (Å²) in [4.78, 5) is 4.33. The summed E-state index contributed by atoms with van der Waals surface area (Å²) in [6.45, 7) is 2.54. The average Bonchev–Trinajstić information content (AvgIpc) is 2.33. The molecule has 0 aromatic carbocycles. The standard InChI is InChI=1S/C8H15N3O/c1-4-7-10-6(5-12-3)8(9)11(7)2/h4-5,9H2,1-3H3. The molecule has 1 rings (SSSR count). The van der Waals surface area contributed by atoms with Crippen LogP contribution in [0.15, 0.2) is 0 Å². The second-order valence-electron chi connectivity index (χ2n) is 2.71. The molecule has 12 heavy (non-hydrogen) atoms. The molecular formula is C8H15N3O. The van der Waals surface area contributed by atoms with E-state index in [1.54, 1.807) is 7.11 Å². The minimum atomic E-state index is 0.486. The van der Waals surface area contributed by atoms with Crippen molar-refractivity contribution in [2.24, 2.45) is 7.05 Å². The third-order valence-electron chi connectivity index (χ3n) is 1.91. The van der Waals surface area contributed by atoms with E-state index < -0.39 is 0 Å². The van der Waals surface area contributed by atoms with Crippen LogP contribution in [-0.4, -0.2) is 16.7 Å². The lowest BCUT2D eigenvalue weighted by Crippen LogP contribution is -2.01. The van der Waals surface area contributed by atoms with Gasteiger partial charge in [-0.05, 0) is 0 Å². The van der Waals surface area contributed by atoms with Crippen molar-refractivity contribution >= 4 is 5.82 Å². The Labute approximate surface area is 72.3 Å². The van der Waals surface area contributed by atoms with E-state index in [4.69, 9.17) is 10.5 Å². The van der Waals surface area contributed by atoms with Gasteiger partial charge in [0.1, 0.15) is 17.3 Å². The second-order valence-corrected chi connectivity index (χ2v) is 2.71. The highest BCUT2D eigenvalue weighted by Crippen LogP contribution is 2.13. The molecule has 0 spiro atoms. The van der Waals surface area contributed by atoms with Crippen LogP contribution in [-0.2, 0) is 24.8 Å². The van der Waals surface area contributed by atoms with E-state index in [0.717, 1.165) is 17.9 Å². The summed E-state index contributed by atoms with van der Waals surface area (Å²) in [6, 6.07) is 0. The van der Waals surface area contributed by atoms with Crippen molar-refractivity contribution in [1.82, 2.24) is 9.55 Å². The van der Waals surface area contributed by atoms with Gasteiger partial charge in [0.05, 0.1) is 6.61 Å². The number of aryl methyl sites for hydroxylation is 1. The summed E-state index contributed by atoms with van der Waals surface area (Å²) in [7, 11) is 3.56. The number of aromatic nitrogens is 2. The monoisotopic (exact) mass is 169 g/mol. The summed E-state index contributed by atoms with van der Waals surface area (Å²) in [6.07, 6.45) is 0.893. The second kappa shape index (κ2) is 3.58. The van der Waals surface area contributed by atoms with Crippen LogP contribution in [0.2, 0.25) is 0 Å². The fraction of sp³-hybridized carbons (Fsp3) is 0.625. The molecule has 0 aliphatic rings. The minimum Gasteiger partial charge on any atom is -0.383 e. The molecule has 0 amide bonds. The van der Waals surface area contributed by atoms with Crippen molar-refractivity contribution in [3.8, 4) is 0 Å². The van der Waals surface area contributed by atoms with Crippen LogP contribution in [0.25, 0.3) is 0 Å². The topological polar surface area (TPSA) is 53.1 Å². The first-order valence-electron chi connectivity index (χ1n) is 3.99. The van der Waals surface area contributed by atoms with E-state index >= 15 is 0 Å². The van der Waals surface area contributed by atoms with Gasteiger partial charge in [-0.1, -0.05) is 6.92 Å². The molecule has 0 bridgehead atoms. The molecular weight excluding hydrogens is 154 g/mol. The summed E-state index contributed by atoms with van der Waals surface area (Å²) in [5.74, 6) is 1.70. The molecule has 0 saturated heterocycles. The number of anilines is 1. The van der Waals surface area contributed by atoms with Crippen LogP contribution in [0.1, 0.15) is 18.4 Å². The average molecular weight is 169 g/mol. The maximum Gasteiger partial charge on any atom is 0.128 e. The molecule has 2 N–H and O–H groups in total. The van der Waals surface area contributed by atoms with Gasteiger partial charge in [0.2, 0.25) is 0 Å². The van der Waals surface area contributed by atoms with Crippen molar-refractivity contribution in [2.45, 2.75) is 20.0 Å². The smallest absolute Gasteiger partial charge is 0.128 e. The molecule has 0 saturated carbocycles. The Bertz CT molecular complexity index is 268. The largest absolute Gasteiger partial charge is 0.383 e. The summed E-state index contributed by atoms with van der Waals surface area (Å²) < 4.78 is 6.86. The molecule has 4 nitrogen and oxygen atoms in total. The van der Waals surface area contributed by atoms with E-state index in [2.05, 4.69) is 11.9 Å². The molecule has 0 radical (unpaired) electrons. The zero-order chi connectivity index (χ0) is 9.14. The third kappa shape index (κ3) is 1.43. The van der Waals surface area contributed by atoms with Gasteiger partial charge < -0.3 is 15.0 Å². The molecule has 4 heteroatoms. The van der Waals surface area contributed by atoms with Crippen LogP contribution in [0.4, 0.5) is 5.82 Å². The lowest BCUT2D eigenvalue weighted by atomic mass is 10.4. The summed E-state index contributed by atoms with van der Waals surface area (Å²) in [5, 5.41) is 0. The predicted octanol–water partition coefficient (Wildman–Crippen LogP) is 0.711. The van der Waals surface area contributed by atoms with Crippen molar-refractivity contribution in [1.29, 1.82) is 0 Å². The Kier molecular flexibility index (Phi) is 2.70. The number of methoxy groups -OCH3 is 1. The van der Waals surface area contributed by atoms with Crippen molar-refractivity contribution in [3.63, 3.8) is 0 Å². The van der Waals surface area contributed by atoms with E-state index in [1.807, 2.05) is 11.6 Å². The highest BCUT2D eigenvalue weighted by Gasteiger charge is 2.09. The maximum absolute atomic E-state index is 5.79. The third-order valence-corrected chi connectivity index (χ3v) is 1.91. The number of nitrogens with zero attached hydrogens (tertiary/aromatic N) is 2. The minimum absolute atomic E-state index is 0.486. The van der Waals surface area contributed by atoms with Crippen LogP contribution < -0.4 is 5.73 Å². The van der Waals surface area contributed by atoms with Gasteiger partial charge >= 0.3 is 0 Å². The molecule has 0 aliphatic heterocycles. The predicted molar refractivity (Wildman–Crippen MR) is 47.7 cm³/mol. The van der Waals surface area contributed by atoms with E-state index in [1.165, 1.54) is 0 Å². The van der Waals surface area contributed by atoms with Gasteiger partial charge in [0.25, 0.3) is 0 Å². The zero-order valence-electron chi connectivity index (χ0n) is 7.79. The van der Waals surface area contributed by atoms with Gasteiger partial charge in [0.15, 0.2) is 0 Å². The first-order valence-corrected chi connectivity index (χ1v) is 3.99. The lowest BCUT2D eigenvalue weighted by molar-refractivity contribution is 0.182. The number of ether oxygens (including phenoxy) is 1. The lowest BCUT2D eigenvalue weighted by Gasteiger charge is -1.99. The number of hydrogen-bond donors (Lipinski definition) is 1. The number of imidazole rings is 1. The molecule has 1 heterocycles. The van der Waals surface area contributed by atoms with Crippen LogP contribution in [0.5, 0.6) is 0 Å². The molecule has 68 valence electrons. The highest BCUT2D eigenvalue weighted by molar-refractivity contribution is 5.37.